The van der Waals surface area contributed by atoms with Crippen LogP contribution in [0.3, 0.4) is 0 Å². The van der Waals surface area contributed by atoms with E-state index in [1.54, 1.807) is 49.6 Å². The summed E-state index contributed by atoms with van der Waals surface area (Å²) in [5.41, 5.74) is 1.92. The number of hydrogen-bond acceptors (Lipinski definition) is 4. The maximum atomic E-state index is 12.7. The van der Waals surface area contributed by atoms with Crippen molar-refractivity contribution in [2.24, 2.45) is 0 Å². The minimum Gasteiger partial charge on any atom is -0.497 e. The fourth-order valence-electron chi connectivity index (χ4n) is 2.45. The Morgan fingerprint density at radius 2 is 1.81 bits per heavy atom. The summed E-state index contributed by atoms with van der Waals surface area (Å²) in [7, 11) is 1.59. The number of amides is 1. The second-order valence-corrected chi connectivity index (χ2v) is 5.78. The van der Waals surface area contributed by atoms with Crippen LogP contribution in [-0.4, -0.2) is 24.7 Å². The van der Waals surface area contributed by atoms with Crippen LogP contribution >= 0.6 is 12.2 Å². The number of hydrogen-bond donors (Lipinski definition) is 1. The van der Waals surface area contributed by atoms with E-state index < -0.39 is 0 Å². The second kappa shape index (κ2) is 7.72. The van der Waals surface area contributed by atoms with Crippen LogP contribution in [0.25, 0.3) is 6.08 Å². The number of anilines is 1. The fourth-order valence-corrected chi connectivity index (χ4v) is 2.75. The Morgan fingerprint density at radius 1 is 1.15 bits per heavy atom. The standard InChI is InChI=1S/C20H16N2O3S/c1-3-12-25-17-8-4-14(5-9-17)13-18-19(23)22(20(26)21-18)15-6-10-16(24-2)11-7-15/h1,4-11,13H,12H2,2H3,(H,21,26)/b18-13-. The topological polar surface area (TPSA) is 50.8 Å². The van der Waals surface area contributed by atoms with E-state index in [1.165, 1.54) is 4.90 Å². The first-order valence-electron chi connectivity index (χ1n) is 7.80. The number of benzene rings is 2. The number of methoxy groups -OCH3 is 1. The number of ether oxygens (including phenoxy) is 2. The first-order chi connectivity index (χ1) is 12.6. The average Bonchev–Trinajstić information content (AvgIpc) is 2.94. The van der Waals surface area contributed by atoms with Gasteiger partial charge in [-0.25, -0.2) is 0 Å². The Morgan fingerprint density at radius 3 is 2.42 bits per heavy atom. The van der Waals surface area contributed by atoms with Gasteiger partial charge in [0.15, 0.2) is 5.11 Å². The smallest absolute Gasteiger partial charge is 0.281 e. The van der Waals surface area contributed by atoms with Gasteiger partial charge in [-0.15, -0.1) is 6.42 Å². The minimum absolute atomic E-state index is 0.214. The summed E-state index contributed by atoms with van der Waals surface area (Å²) in [6.45, 7) is 0.214. The molecular weight excluding hydrogens is 348 g/mol. The third kappa shape index (κ3) is 3.68. The molecule has 0 unspecified atom stereocenters. The van der Waals surface area contributed by atoms with Crippen molar-refractivity contribution in [1.82, 2.24) is 5.32 Å². The lowest BCUT2D eigenvalue weighted by Crippen LogP contribution is -2.30. The Labute approximate surface area is 157 Å². The van der Waals surface area contributed by atoms with Crippen LogP contribution in [0.2, 0.25) is 0 Å². The molecule has 1 saturated heterocycles. The summed E-state index contributed by atoms with van der Waals surface area (Å²) in [4.78, 5) is 14.2. The SMILES string of the molecule is C#CCOc1ccc(/C=C2\NC(=S)N(c3ccc(OC)cc3)C2=O)cc1. The molecule has 6 heteroatoms. The van der Waals surface area contributed by atoms with E-state index >= 15 is 0 Å². The molecule has 5 nitrogen and oxygen atoms in total. The monoisotopic (exact) mass is 364 g/mol. The lowest BCUT2D eigenvalue weighted by atomic mass is 10.2. The molecule has 0 spiro atoms. The lowest BCUT2D eigenvalue weighted by molar-refractivity contribution is -0.113. The fraction of sp³-hybridized carbons (Fsp3) is 0.100. The van der Waals surface area contributed by atoms with Gasteiger partial charge in [0, 0.05) is 0 Å². The highest BCUT2D eigenvalue weighted by atomic mass is 32.1. The van der Waals surface area contributed by atoms with E-state index in [0.29, 0.717) is 28.0 Å². The number of carbonyl (C=O) groups is 1. The van der Waals surface area contributed by atoms with Crippen LogP contribution in [0.5, 0.6) is 11.5 Å². The molecule has 0 aliphatic carbocycles. The lowest BCUT2D eigenvalue weighted by Gasteiger charge is -2.14. The molecule has 1 aliphatic heterocycles. The molecule has 1 amide bonds. The number of carbonyl (C=O) groups excluding carboxylic acids is 1. The number of nitrogens with zero attached hydrogens (tertiary/aromatic N) is 1. The normalized spacial score (nSPS) is 14.9. The number of terminal acetylenes is 1. The first-order valence-corrected chi connectivity index (χ1v) is 8.20. The first kappa shape index (κ1) is 17.5. The number of nitrogens with one attached hydrogen (secondary N) is 1. The number of rotatable bonds is 5. The van der Waals surface area contributed by atoms with E-state index in [1.807, 2.05) is 12.1 Å². The van der Waals surface area contributed by atoms with Gasteiger partial charge in [0.05, 0.1) is 12.8 Å². The van der Waals surface area contributed by atoms with Crippen LogP contribution in [0, 0.1) is 12.3 Å². The van der Waals surface area contributed by atoms with Crippen LogP contribution < -0.4 is 19.7 Å². The van der Waals surface area contributed by atoms with Crippen molar-refractivity contribution in [1.29, 1.82) is 0 Å². The van der Waals surface area contributed by atoms with Crippen molar-refractivity contribution in [2.75, 3.05) is 18.6 Å². The molecule has 2 aromatic rings. The molecule has 26 heavy (non-hydrogen) atoms. The van der Waals surface area contributed by atoms with Gasteiger partial charge < -0.3 is 14.8 Å². The summed E-state index contributed by atoms with van der Waals surface area (Å²) in [5, 5.41) is 3.29. The van der Waals surface area contributed by atoms with Gasteiger partial charge >= 0.3 is 0 Å². The van der Waals surface area contributed by atoms with Crippen molar-refractivity contribution in [3.05, 3.63) is 59.8 Å². The zero-order chi connectivity index (χ0) is 18.5. The quantitative estimate of drug-likeness (QED) is 0.502. The van der Waals surface area contributed by atoms with Crippen molar-refractivity contribution in [3.63, 3.8) is 0 Å². The molecule has 0 atom stereocenters. The summed E-state index contributed by atoms with van der Waals surface area (Å²) in [6.07, 6.45) is 6.91. The van der Waals surface area contributed by atoms with Crippen LogP contribution in [-0.2, 0) is 4.79 Å². The Hall–Kier alpha value is -3.30. The highest BCUT2D eigenvalue weighted by Crippen LogP contribution is 2.25. The van der Waals surface area contributed by atoms with Gasteiger partial charge in [0.25, 0.3) is 5.91 Å². The molecule has 0 aromatic heterocycles. The van der Waals surface area contributed by atoms with E-state index in [-0.39, 0.29) is 12.5 Å². The summed E-state index contributed by atoms with van der Waals surface area (Å²) < 4.78 is 10.5. The molecule has 1 fully saturated rings. The Bertz CT molecular complexity index is 896. The highest BCUT2D eigenvalue weighted by molar-refractivity contribution is 7.80. The molecule has 1 N–H and O–H groups in total. The second-order valence-electron chi connectivity index (χ2n) is 5.39. The van der Waals surface area contributed by atoms with Crippen LogP contribution in [0.1, 0.15) is 5.56 Å². The zero-order valence-electron chi connectivity index (χ0n) is 14.1. The van der Waals surface area contributed by atoms with Gasteiger partial charge in [-0.3, -0.25) is 9.69 Å². The van der Waals surface area contributed by atoms with Gasteiger partial charge in [0.2, 0.25) is 0 Å². The molecule has 0 bridgehead atoms. The van der Waals surface area contributed by atoms with Gasteiger partial charge in [-0.1, -0.05) is 18.1 Å². The predicted octanol–water partition coefficient (Wildman–Crippen LogP) is 2.97. The number of thiocarbonyl (C=S) groups is 1. The molecule has 1 heterocycles. The van der Waals surface area contributed by atoms with Gasteiger partial charge in [0.1, 0.15) is 23.8 Å². The summed E-state index contributed by atoms with van der Waals surface area (Å²) in [6, 6.07) is 14.4. The average molecular weight is 364 g/mol. The zero-order valence-corrected chi connectivity index (χ0v) is 14.9. The van der Waals surface area contributed by atoms with Gasteiger partial charge in [-0.2, -0.15) is 0 Å². The summed E-state index contributed by atoms with van der Waals surface area (Å²) >= 11 is 5.31. The molecule has 0 radical (unpaired) electrons. The van der Waals surface area contributed by atoms with E-state index in [9.17, 15) is 4.79 Å². The molecule has 1 aliphatic rings. The summed E-state index contributed by atoms with van der Waals surface area (Å²) in [5.74, 6) is 3.58. The maximum absolute atomic E-state index is 12.7. The van der Waals surface area contributed by atoms with E-state index in [0.717, 1.165) is 5.56 Å². The van der Waals surface area contributed by atoms with E-state index in [4.69, 9.17) is 28.1 Å². The Kier molecular flexibility index (Phi) is 5.20. The van der Waals surface area contributed by atoms with E-state index in [2.05, 4.69) is 11.2 Å². The largest absolute Gasteiger partial charge is 0.497 e. The van der Waals surface area contributed by atoms with Crippen molar-refractivity contribution in [3.8, 4) is 23.8 Å². The molecule has 130 valence electrons. The highest BCUT2D eigenvalue weighted by Gasteiger charge is 2.31. The van der Waals surface area contributed by atoms with Crippen LogP contribution in [0.4, 0.5) is 5.69 Å². The van der Waals surface area contributed by atoms with Crippen molar-refractivity contribution < 1.29 is 14.3 Å². The third-order valence-corrected chi connectivity index (χ3v) is 4.01. The molecular formula is C20H16N2O3S. The van der Waals surface area contributed by atoms with Gasteiger partial charge in [-0.05, 0) is 60.3 Å². The van der Waals surface area contributed by atoms with Crippen molar-refractivity contribution >= 4 is 35.0 Å². The molecule has 0 saturated carbocycles. The van der Waals surface area contributed by atoms with Crippen molar-refractivity contribution in [2.45, 2.75) is 0 Å². The predicted molar refractivity (Wildman–Crippen MR) is 105 cm³/mol. The molecule has 2 aromatic carbocycles. The minimum atomic E-state index is -0.215. The molecule has 3 rings (SSSR count). The third-order valence-electron chi connectivity index (χ3n) is 3.72. The Balaban J connectivity index is 1.79. The van der Waals surface area contributed by atoms with Crippen LogP contribution in [0.15, 0.2) is 54.2 Å². The maximum Gasteiger partial charge on any atom is 0.281 e.